The van der Waals surface area contributed by atoms with Crippen LogP contribution in [-0.2, 0) is 0 Å². The van der Waals surface area contributed by atoms with Crippen LogP contribution in [0.5, 0.6) is 0 Å². The average Bonchev–Trinajstić information content (AvgIpc) is 3.75. The second kappa shape index (κ2) is 8.56. The lowest BCUT2D eigenvalue weighted by Crippen LogP contribution is -2.28. The molecule has 34 heavy (non-hydrogen) atoms. The van der Waals surface area contributed by atoms with E-state index < -0.39 is 0 Å². The van der Waals surface area contributed by atoms with E-state index in [1.165, 1.54) is 12.8 Å². The molecule has 1 N–H and O–H groups in total. The van der Waals surface area contributed by atoms with E-state index in [1.807, 2.05) is 67.3 Å². The molecule has 168 valence electrons. The first-order valence-corrected chi connectivity index (χ1v) is 11.4. The number of pyridine rings is 2. The maximum Gasteiger partial charge on any atom is 0.274 e. The number of aromatic nitrogens is 2. The molecule has 0 unspecified atom stereocenters. The Morgan fingerprint density at radius 2 is 1.85 bits per heavy atom. The van der Waals surface area contributed by atoms with Crippen LogP contribution in [0.25, 0.3) is 27.6 Å². The number of nitrogens with one attached hydrogen (secondary N) is 1. The summed E-state index contributed by atoms with van der Waals surface area (Å²) in [4.78, 5) is 28.5. The number of carbonyl (C=O) groups is 1. The van der Waals surface area contributed by atoms with Gasteiger partial charge < -0.3 is 10.2 Å². The van der Waals surface area contributed by atoms with Crippen molar-refractivity contribution in [2.24, 2.45) is 4.99 Å². The number of para-hydroxylation sites is 1. The van der Waals surface area contributed by atoms with Crippen molar-refractivity contribution in [3.05, 3.63) is 96.6 Å². The molecule has 6 heteroatoms. The molecule has 0 atom stereocenters. The van der Waals surface area contributed by atoms with Gasteiger partial charge in [0.2, 0.25) is 0 Å². The fourth-order valence-corrected chi connectivity index (χ4v) is 4.24. The van der Waals surface area contributed by atoms with Crippen molar-refractivity contribution >= 4 is 34.4 Å². The fourth-order valence-electron chi connectivity index (χ4n) is 4.24. The number of aliphatic imine (C=N–C) groups is 1. The summed E-state index contributed by atoms with van der Waals surface area (Å²) in [7, 11) is 0. The molecule has 6 rings (SSSR count). The molecular formula is C28H25N5O. The number of carbonyl (C=O) groups excluding carboxylic acids is 1. The Balaban J connectivity index is 0.00000253. The Bertz CT molecular complexity index is 1460. The smallest absolute Gasteiger partial charge is 0.274 e. The van der Waals surface area contributed by atoms with E-state index in [0.717, 1.165) is 45.4 Å². The first-order valence-electron chi connectivity index (χ1n) is 11.4. The summed E-state index contributed by atoms with van der Waals surface area (Å²) in [5, 5.41) is 4.05. The minimum absolute atomic E-state index is 0. The van der Waals surface area contributed by atoms with Gasteiger partial charge in [-0.1, -0.05) is 30.3 Å². The second-order valence-corrected chi connectivity index (χ2v) is 8.70. The highest BCUT2D eigenvalue weighted by molar-refractivity contribution is 6.03. The topological polar surface area (TPSA) is 70.5 Å². The van der Waals surface area contributed by atoms with Crippen LogP contribution in [0.1, 0.15) is 30.3 Å². The monoisotopic (exact) mass is 447 g/mol. The number of amides is 1. The molecule has 4 aromatic rings. The van der Waals surface area contributed by atoms with Crippen molar-refractivity contribution in [1.82, 2.24) is 14.9 Å². The Morgan fingerprint density at radius 1 is 0.941 bits per heavy atom. The summed E-state index contributed by atoms with van der Waals surface area (Å²) < 4.78 is 0. The predicted octanol–water partition coefficient (Wildman–Crippen LogP) is 5.64. The summed E-state index contributed by atoms with van der Waals surface area (Å²) in [5.41, 5.74) is 6.09. The summed E-state index contributed by atoms with van der Waals surface area (Å²) in [6.45, 7) is 0.842. The average molecular weight is 448 g/mol. The highest BCUT2D eigenvalue weighted by Crippen LogP contribution is 2.30. The SMILES string of the molecule is O=C(Nc1cccc(C2=CN=CN(C3CC3)C2)c1)c1cc(-c2cnc3ccccc3c2)ccn1.[HH]. The minimum Gasteiger partial charge on any atom is -0.355 e. The number of hydrogen-bond acceptors (Lipinski definition) is 5. The molecule has 1 fully saturated rings. The Kier molecular flexibility index (Phi) is 5.11. The van der Waals surface area contributed by atoms with Crippen LogP contribution >= 0.6 is 0 Å². The second-order valence-electron chi connectivity index (χ2n) is 8.70. The zero-order chi connectivity index (χ0) is 22.9. The van der Waals surface area contributed by atoms with Gasteiger partial charge in [0.1, 0.15) is 5.69 Å². The normalized spacial score (nSPS) is 15.3. The van der Waals surface area contributed by atoms with Crippen molar-refractivity contribution in [3.8, 4) is 11.1 Å². The summed E-state index contributed by atoms with van der Waals surface area (Å²) in [6, 6.07) is 22.3. The lowest BCUT2D eigenvalue weighted by Gasteiger charge is -2.23. The van der Waals surface area contributed by atoms with Gasteiger partial charge in [-0.15, -0.1) is 0 Å². The van der Waals surface area contributed by atoms with Crippen LogP contribution in [0.15, 0.2) is 90.3 Å². The van der Waals surface area contributed by atoms with Gasteiger partial charge in [-0.25, -0.2) is 4.99 Å². The molecule has 0 saturated heterocycles. The molecule has 1 aliphatic carbocycles. The van der Waals surface area contributed by atoms with E-state index in [-0.39, 0.29) is 7.33 Å². The van der Waals surface area contributed by atoms with Crippen molar-refractivity contribution in [2.75, 3.05) is 11.9 Å². The molecule has 2 aliphatic rings. The molecule has 0 bridgehead atoms. The number of hydrogen-bond donors (Lipinski definition) is 1. The highest BCUT2D eigenvalue weighted by Gasteiger charge is 2.28. The van der Waals surface area contributed by atoms with Gasteiger partial charge in [0.15, 0.2) is 0 Å². The Morgan fingerprint density at radius 3 is 2.76 bits per heavy atom. The van der Waals surface area contributed by atoms with Crippen LogP contribution in [0.2, 0.25) is 0 Å². The number of benzene rings is 2. The number of nitrogens with zero attached hydrogens (tertiary/aromatic N) is 4. The number of fused-ring (bicyclic) bond motifs is 1. The lowest BCUT2D eigenvalue weighted by atomic mass is 10.0. The lowest BCUT2D eigenvalue weighted by molar-refractivity contribution is 0.102. The third-order valence-electron chi connectivity index (χ3n) is 6.22. The zero-order valence-electron chi connectivity index (χ0n) is 18.6. The first-order chi connectivity index (χ1) is 16.7. The van der Waals surface area contributed by atoms with Gasteiger partial charge in [0, 0.05) is 49.2 Å². The van der Waals surface area contributed by atoms with Gasteiger partial charge in [-0.3, -0.25) is 14.8 Å². The van der Waals surface area contributed by atoms with Crippen LogP contribution < -0.4 is 5.32 Å². The molecular weight excluding hydrogens is 422 g/mol. The third kappa shape index (κ3) is 4.18. The van der Waals surface area contributed by atoms with Gasteiger partial charge >= 0.3 is 0 Å². The minimum atomic E-state index is -0.247. The molecule has 1 aliphatic heterocycles. The van der Waals surface area contributed by atoms with Gasteiger partial charge in [-0.05, 0) is 65.9 Å². The van der Waals surface area contributed by atoms with Crippen LogP contribution in [0, 0.1) is 0 Å². The third-order valence-corrected chi connectivity index (χ3v) is 6.22. The van der Waals surface area contributed by atoms with Crippen molar-refractivity contribution < 1.29 is 6.22 Å². The van der Waals surface area contributed by atoms with Crippen LogP contribution in [0.3, 0.4) is 0 Å². The fraction of sp³-hybridized carbons (Fsp3) is 0.143. The molecule has 3 heterocycles. The zero-order valence-corrected chi connectivity index (χ0v) is 18.6. The summed E-state index contributed by atoms with van der Waals surface area (Å²) in [6.07, 6.45) is 9.79. The van der Waals surface area contributed by atoms with Crippen molar-refractivity contribution in [1.29, 1.82) is 0 Å². The van der Waals surface area contributed by atoms with E-state index >= 15 is 0 Å². The Hall–Kier alpha value is -4.32. The number of anilines is 1. The first kappa shape index (κ1) is 20.3. The van der Waals surface area contributed by atoms with E-state index in [0.29, 0.717) is 11.7 Å². The van der Waals surface area contributed by atoms with E-state index in [9.17, 15) is 4.79 Å². The van der Waals surface area contributed by atoms with Gasteiger partial charge in [-0.2, -0.15) is 0 Å². The molecule has 6 nitrogen and oxygen atoms in total. The van der Waals surface area contributed by atoms with Crippen LogP contribution in [-0.4, -0.2) is 39.7 Å². The molecule has 0 spiro atoms. The highest BCUT2D eigenvalue weighted by atomic mass is 16.1. The predicted molar refractivity (Wildman–Crippen MR) is 138 cm³/mol. The largest absolute Gasteiger partial charge is 0.355 e. The Labute approximate surface area is 199 Å². The van der Waals surface area contributed by atoms with Gasteiger partial charge in [0.25, 0.3) is 5.91 Å². The van der Waals surface area contributed by atoms with Crippen LogP contribution in [0.4, 0.5) is 5.69 Å². The summed E-state index contributed by atoms with van der Waals surface area (Å²) in [5.74, 6) is -0.247. The molecule has 1 saturated carbocycles. The molecule has 2 aromatic carbocycles. The number of rotatable bonds is 5. The van der Waals surface area contributed by atoms with Gasteiger partial charge in [0.05, 0.1) is 11.9 Å². The molecule has 1 amide bonds. The molecule has 0 radical (unpaired) electrons. The standard InChI is InChI=1S/C28H23N5O.H2/c34-28(27-14-20(10-11-30-27)22-12-21-4-1-2-7-26(21)31-16-22)32-24-6-3-5-19(13-24)23-15-29-18-33(17-23)25-8-9-25;/h1-7,10-16,18,25H,8-9,17H2,(H,32,34);1H. The quantitative estimate of drug-likeness (QED) is 0.430. The van der Waals surface area contributed by atoms with E-state index in [4.69, 9.17) is 0 Å². The molecule has 2 aromatic heterocycles. The van der Waals surface area contributed by atoms with Crippen molar-refractivity contribution in [2.45, 2.75) is 18.9 Å². The summed E-state index contributed by atoms with van der Waals surface area (Å²) >= 11 is 0. The van der Waals surface area contributed by atoms with Crippen molar-refractivity contribution in [3.63, 3.8) is 0 Å². The maximum absolute atomic E-state index is 13.0. The van der Waals surface area contributed by atoms with E-state index in [1.54, 1.807) is 12.3 Å². The van der Waals surface area contributed by atoms with E-state index in [2.05, 4.69) is 37.3 Å². The maximum atomic E-state index is 13.0.